The number of aliphatic carboxylic acids is 1. The minimum atomic E-state index is -0.856. The number of hydrogen-bond donors (Lipinski definition) is 2. The van der Waals surface area contributed by atoms with Crippen molar-refractivity contribution in [3.63, 3.8) is 0 Å². The predicted molar refractivity (Wildman–Crippen MR) is 75.4 cm³/mol. The smallest absolute Gasteiger partial charge is 0.303 e. The van der Waals surface area contributed by atoms with Gasteiger partial charge < -0.3 is 15.2 Å². The van der Waals surface area contributed by atoms with Gasteiger partial charge >= 0.3 is 5.97 Å². The zero-order chi connectivity index (χ0) is 14.8. The van der Waals surface area contributed by atoms with Gasteiger partial charge in [0, 0.05) is 12.5 Å². The maximum absolute atomic E-state index is 11.5. The van der Waals surface area contributed by atoms with E-state index in [1.165, 1.54) is 5.56 Å². The number of benzene rings is 1. The van der Waals surface area contributed by atoms with Crippen LogP contribution in [-0.4, -0.2) is 36.2 Å². The molecular formula is C15H21NO4. The standard InChI is InChI=1S/C15H21NO4/c1-12(7-8-15(18)19)16-14(17)11-20-10-9-13-5-3-2-4-6-13/h2-6,12H,7-11H2,1H3,(H,16,17)(H,18,19). The summed E-state index contributed by atoms with van der Waals surface area (Å²) in [5, 5.41) is 11.2. The number of nitrogens with one attached hydrogen (secondary N) is 1. The second-order valence-electron chi connectivity index (χ2n) is 4.69. The predicted octanol–water partition coefficient (Wildman–Crippen LogP) is 1.62. The number of carboxylic acid groups (broad SMARTS) is 1. The number of hydrogen-bond acceptors (Lipinski definition) is 3. The van der Waals surface area contributed by atoms with E-state index in [1.807, 2.05) is 30.3 Å². The first-order valence-corrected chi connectivity index (χ1v) is 6.70. The summed E-state index contributed by atoms with van der Waals surface area (Å²) in [4.78, 5) is 21.9. The summed E-state index contributed by atoms with van der Waals surface area (Å²) in [7, 11) is 0. The first-order chi connectivity index (χ1) is 9.58. The summed E-state index contributed by atoms with van der Waals surface area (Å²) >= 11 is 0. The Hall–Kier alpha value is -1.88. The Morgan fingerprint density at radius 3 is 2.65 bits per heavy atom. The van der Waals surface area contributed by atoms with Crippen LogP contribution < -0.4 is 5.32 Å². The molecule has 0 aliphatic rings. The SMILES string of the molecule is CC(CCC(=O)O)NC(=O)COCCc1ccccc1. The van der Waals surface area contributed by atoms with Crippen LogP contribution in [0.1, 0.15) is 25.3 Å². The van der Waals surface area contributed by atoms with E-state index in [9.17, 15) is 9.59 Å². The van der Waals surface area contributed by atoms with Gasteiger partial charge in [-0.2, -0.15) is 0 Å². The largest absolute Gasteiger partial charge is 0.481 e. The molecule has 2 N–H and O–H groups in total. The Morgan fingerprint density at radius 2 is 2.00 bits per heavy atom. The van der Waals surface area contributed by atoms with Crippen molar-refractivity contribution in [3.05, 3.63) is 35.9 Å². The maximum Gasteiger partial charge on any atom is 0.303 e. The average molecular weight is 279 g/mol. The van der Waals surface area contributed by atoms with Gasteiger partial charge in [-0.15, -0.1) is 0 Å². The third-order valence-corrected chi connectivity index (χ3v) is 2.81. The molecule has 1 atom stereocenters. The second-order valence-corrected chi connectivity index (χ2v) is 4.69. The molecule has 0 saturated heterocycles. The van der Waals surface area contributed by atoms with E-state index in [-0.39, 0.29) is 25.0 Å². The molecule has 1 unspecified atom stereocenters. The lowest BCUT2D eigenvalue weighted by atomic mass is 10.2. The van der Waals surface area contributed by atoms with Crippen molar-refractivity contribution >= 4 is 11.9 Å². The fourth-order valence-electron chi connectivity index (χ4n) is 1.73. The quantitative estimate of drug-likeness (QED) is 0.673. The molecule has 5 heteroatoms. The fraction of sp³-hybridized carbons (Fsp3) is 0.467. The molecule has 0 aliphatic heterocycles. The van der Waals surface area contributed by atoms with Crippen LogP contribution in [0.15, 0.2) is 30.3 Å². The second kappa shape index (κ2) is 9.09. The van der Waals surface area contributed by atoms with E-state index in [1.54, 1.807) is 6.92 Å². The van der Waals surface area contributed by atoms with Crippen molar-refractivity contribution in [2.75, 3.05) is 13.2 Å². The molecule has 110 valence electrons. The lowest BCUT2D eigenvalue weighted by molar-refractivity contribution is -0.137. The Labute approximate surface area is 118 Å². The van der Waals surface area contributed by atoms with Crippen LogP contribution in [0.3, 0.4) is 0 Å². The third kappa shape index (κ3) is 7.53. The van der Waals surface area contributed by atoms with Crippen molar-refractivity contribution in [1.29, 1.82) is 0 Å². The third-order valence-electron chi connectivity index (χ3n) is 2.81. The summed E-state index contributed by atoms with van der Waals surface area (Å²) < 4.78 is 5.30. The number of carbonyl (C=O) groups excluding carboxylic acids is 1. The normalized spacial score (nSPS) is 11.8. The number of carboxylic acids is 1. The molecule has 1 rings (SSSR count). The fourth-order valence-corrected chi connectivity index (χ4v) is 1.73. The highest BCUT2D eigenvalue weighted by Crippen LogP contribution is 2.00. The highest BCUT2D eigenvalue weighted by molar-refractivity contribution is 5.77. The van der Waals surface area contributed by atoms with Gasteiger partial charge in [0.1, 0.15) is 6.61 Å². The van der Waals surface area contributed by atoms with Crippen LogP contribution in [-0.2, 0) is 20.7 Å². The van der Waals surface area contributed by atoms with Crippen molar-refractivity contribution in [2.24, 2.45) is 0 Å². The minimum absolute atomic E-state index is 0.00421. The van der Waals surface area contributed by atoms with Crippen molar-refractivity contribution in [2.45, 2.75) is 32.2 Å². The summed E-state index contributed by atoms with van der Waals surface area (Å²) in [5.41, 5.74) is 1.17. The Balaban J connectivity index is 2.09. The van der Waals surface area contributed by atoms with Gasteiger partial charge in [0.05, 0.1) is 6.61 Å². The van der Waals surface area contributed by atoms with Crippen LogP contribution in [0.2, 0.25) is 0 Å². The highest BCUT2D eigenvalue weighted by Gasteiger charge is 2.09. The molecule has 1 aromatic carbocycles. The first-order valence-electron chi connectivity index (χ1n) is 6.70. The molecular weight excluding hydrogens is 258 g/mol. The molecule has 0 fully saturated rings. The van der Waals surface area contributed by atoms with E-state index in [2.05, 4.69) is 5.32 Å². The summed E-state index contributed by atoms with van der Waals surface area (Å²) in [6, 6.07) is 9.75. The van der Waals surface area contributed by atoms with Crippen LogP contribution in [0.4, 0.5) is 0 Å². The molecule has 20 heavy (non-hydrogen) atoms. The van der Waals surface area contributed by atoms with Crippen molar-refractivity contribution in [1.82, 2.24) is 5.32 Å². The average Bonchev–Trinajstić information content (AvgIpc) is 2.42. The molecule has 0 saturated carbocycles. The van der Waals surface area contributed by atoms with Crippen molar-refractivity contribution in [3.8, 4) is 0 Å². The summed E-state index contributed by atoms with van der Waals surface area (Å²) in [5.74, 6) is -1.07. The molecule has 5 nitrogen and oxygen atoms in total. The highest BCUT2D eigenvalue weighted by atomic mass is 16.5. The topological polar surface area (TPSA) is 75.6 Å². The van der Waals surface area contributed by atoms with Gasteiger partial charge in [-0.3, -0.25) is 9.59 Å². The van der Waals surface area contributed by atoms with Crippen LogP contribution >= 0.6 is 0 Å². The molecule has 1 amide bonds. The lowest BCUT2D eigenvalue weighted by Gasteiger charge is -2.12. The molecule has 0 heterocycles. The van der Waals surface area contributed by atoms with Crippen LogP contribution in [0.5, 0.6) is 0 Å². The Bertz CT molecular complexity index is 419. The van der Waals surface area contributed by atoms with Gasteiger partial charge in [0.2, 0.25) is 5.91 Å². The lowest BCUT2D eigenvalue weighted by Crippen LogP contribution is -2.35. The molecule has 0 aliphatic carbocycles. The first kappa shape index (κ1) is 16.2. The Kier molecular flexibility index (Phi) is 7.35. The van der Waals surface area contributed by atoms with E-state index in [4.69, 9.17) is 9.84 Å². The van der Waals surface area contributed by atoms with Crippen LogP contribution in [0.25, 0.3) is 0 Å². The summed E-state index contributed by atoms with van der Waals surface area (Å²) in [6.45, 7) is 2.27. The van der Waals surface area contributed by atoms with Gasteiger partial charge in [-0.25, -0.2) is 0 Å². The number of carbonyl (C=O) groups is 2. The van der Waals surface area contributed by atoms with Crippen molar-refractivity contribution < 1.29 is 19.4 Å². The molecule has 0 spiro atoms. The van der Waals surface area contributed by atoms with E-state index in [0.29, 0.717) is 13.0 Å². The molecule has 0 radical (unpaired) electrons. The number of ether oxygens (including phenoxy) is 1. The van der Waals surface area contributed by atoms with E-state index < -0.39 is 5.97 Å². The molecule has 0 bridgehead atoms. The monoisotopic (exact) mass is 279 g/mol. The van der Waals surface area contributed by atoms with Gasteiger partial charge in [-0.05, 0) is 25.3 Å². The zero-order valence-electron chi connectivity index (χ0n) is 11.7. The summed E-state index contributed by atoms with van der Waals surface area (Å²) in [6.07, 6.45) is 1.24. The minimum Gasteiger partial charge on any atom is -0.481 e. The number of rotatable bonds is 9. The molecule has 0 aromatic heterocycles. The number of amides is 1. The van der Waals surface area contributed by atoms with Gasteiger partial charge in [0.25, 0.3) is 0 Å². The van der Waals surface area contributed by atoms with E-state index >= 15 is 0 Å². The van der Waals surface area contributed by atoms with Gasteiger partial charge in [0.15, 0.2) is 0 Å². The molecule has 1 aromatic rings. The van der Waals surface area contributed by atoms with E-state index in [0.717, 1.165) is 6.42 Å². The maximum atomic E-state index is 11.5. The Morgan fingerprint density at radius 1 is 1.30 bits per heavy atom. The van der Waals surface area contributed by atoms with Gasteiger partial charge in [-0.1, -0.05) is 30.3 Å². The van der Waals surface area contributed by atoms with Crippen LogP contribution in [0, 0.1) is 0 Å². The zero-order valence-corrected chi connectivity index (χ0v) is 11.7.